The van der Waals surface area contributed by atoms with Gasteiger partial charge in [-0.15, -0.1) is 0 Å². The average molecular weight is 422 g/mol. The predicted octanol–water partition coefficient (Wildman–Crippen LogP) is 3.17. The van der Waals surface area contributed by atoms with Crippen LogP contribution in [0.4, 0.5) is 5.69 Å². The van der Waals surface area contributed by atoms with Gasteiger partial charge in [0.05, 0.1) is 18.4 Å². The number of piperazine rings is 1. The maximum Gasteiger partial charge on any atom is 0.299 e. The van der Waals surface area contributed by atoms with E-state index in [0.29, 0.717) is 18.0 Å². The van der Waals surface area contributed by atoms with Crippen LogP contribution in [0.5, 0.6) is 5.75 Å². The van der Waals surface area contributed by atoms with Gasteiger partial charge in [0.25, 0.3) is 11.7 Å². The quantitative estimate of drug-likeness (QED) is 0.643. The maximum absolute atomic E-state index is 12.6. The highest BCUT2D eigenvalue weighted by Crippen LogP contribution is 2.31. The Kier molecular flexibility index (Phi) is 6.39. The summed E-state index contributed by atoms with van der Waals surface area (Å²) < 4.78 is 5.32. The molecule has 2 aromatic carbocycles. The topological polar surface area (TPSA) is 53.1 Å². The van der Waals surface area contributed by atoms with Crippen molar-refractivity contribution in [3.63, 3.8) is 0 Å². The van der Waals surface area contributed by atoms with Crippen molar-refractivity contribution in [3.05, 3.63) is 59.2 Å². The number of Topliss-reactive ketones (excluding diaryl/α,β-unsaturated/α-hetero) is 1. The second-order valence-electron chi connectivity index (χ2n) is 8.69. The smallest absolute Gasteiger partial charge is 0.299 e. The van der Waals surface area contributed by atoms with E-state index in [1.54, 1.807) is 12.0 Å². The van der Waals surface area contributed by atoms with E-state index in [-0.39, 0.29) is 5.78 Å². The molecule has 0 N–H and O–H groups in total. The predicted molar refractivity (Wildman–Crippen MR) is 122 cm³/mol. The van der Waals surface area contributed by atoms with Crippen molar-refractivity contribution < 1.29 is 14.3 Å². The molecule has 0 aliphatic carbocycles. The molecule has 0 atom stereocenters. The standard InChI is InChI=1S/C25H31N3O3/c1-18(2)20-7-8-23-22(16-20)24(29)25(30)28(23)14-13-26-9-11-27(12-10-26)17-19-5-4-6-21(15-19)31-3/h4-8,15-16,18H,9-14,17H2,1-3H3. The van der Waals surface area contributed by atoms with Crippen LogP contribution in [-0.4, -0.2) is 67.9 Å². The Morgan fingerprint density at radius 1 is 0.935 bits per heavy atom. The van der Waals surface area contributed by atoms with E-state index in [1.165, 1.54) is 5.56 Å². The lowest BCUT2D eigenvalue weighted by molar-refractivity contribution is -0.114. The molecule has 0 aromatic heterocycles. The number of carbonyl (C=O) groups excluding carboxylic acids is 2. The van der Waals surface area contributed by atoms with Gasteiger partial charge in [-0.25, -0.2) is 0 Å². The largest absolute Gasteiger partial charge is 0.497 e. The van der Waals surface area contributed by atoms with Crippen LogP contribution in [0, 0.1) is 0 Å². The van der Waals surface area contributed by atoms with Crippen molar-refractivity contribution in [2.45, 2.75) is 26.3 Å². The van der Waals surface area contributed by atoms with Crippen LogP contribution in [0.25, 0.3) is 0 Å². The minimum absolute atomic E-state index is 0.329. The lowest BCUT2D eigenvalue weighted by Gasteiger charge is -2.35. The minimum Gasteiger partial charge on any atom is -0.497 e. The van der Waals surface area contributed by atoms with Crippen LogP contribution >= 0.6 is 0 Å². The second-order valence-corrected chi connectivity index (χ2v) is 8.69. The van der Waals surface area contributed by atoms with Crippen molar-refractivity contribution in [2.24, 2.45) is 0 Å². The number of carbonyl (C=O) groups is 2. The zero-order valence-corrected chi connectivity index (χ0v) is 18.6. The first-order valence-corrected chi connectivity index (χ1v) is 11.0. The highest BCUT2D eigenvalue weighted by Gasteiger charge is 2.36. The second kappa shape index (κ2) is 9.20. The van der Waals surface area contributed by atoms with E-state index < -0.39 is 5.91 Å². The molecule has 6 heteroatoms. The lowest BCUT2D eigenvalue weighted by atomic mass is 9.99. The van der Waals surface area contributed by atoms with Crippen LogP contribution in [-0.2, 0) is 11.3 Å². The van der Waals surface area contributed by atoms with Gasteiger partial charge in [0, 0.05) is 45.8 Å². The van der Waals surface area contributed by atoms with Gasteiger partial charge >= 0.3 is 0 Å². The molecule has 2 aliphatic rings. The fourth-order valence-electron chi connectivity index (χ4n) is 4.34. The van der Waals surface area contributed by atoms with Gasteiger partial charge in [0.1, 0.15) is 5.75 Å². The number of hydrogen-bond acceptors (Lipinski definition) is 5. The number of amides is 1. The van der Waals surface area contributed by atoms with Gasteiger partial charge < -0.3 is 9.64 Å². The normalized spacial score (nSPS) is 17.5. The monoisotopic (exact) mass is 421 g/mol. The molecule has 164 valence electrons. The zero-order valence-electron chi connectivity index (χ0n) is 18.6. The van der Waals surface area contributed by atoms with Gasteiger partial charge in [0.2, 0.25) is 0 Å². The fraction of sp³-hybridized carbons (Fsp3) is 0.440. The molecular formula is C25H31N3O3. The number of benzene rings is 2. The number of ketones is 1. The fourth-order valence-corrected chi connectivity index (χ4v) is 4.34. The molecular weight excluding hydrogens is 390 g/mol. The Hall–Kier alpha value is -2.70. The molecule has 2 heterocycles. The summed E-state index contributed by atoms with van der Waals surface area (Å²) >= 11 is 0. The first-order chi connectivity index (χ1) is 15.0. The summed E-state index contributed by atoms with van der Waals surface area (Å²) in [7, 11) is 1.69. The first-order valence-electron chi connectivity index (χ1n) is 11.0. The summed E-state index contributed by atoms with van der Waals surface area (Å²) in [5.74, 6) is 0.449. The number of nitrogens with zero attached hydrogens (tertiary/aromatic N) is 3. The molecule has 6 nitrogen and oxygen atoms in total. The molecule has 1 fully saturated rings. The molecule has 2 aliphatic heterocycles. The molecule has 0 radical (unpaired) electrons. The molecule has 2 aromatic rings. The zero-order chi connectivity index (χ0) is 22.0. The van der Waals surface area contributed by atoms with E-state index in [2.05, 4.69) is 35.8 Å². The molecule has 4 rings (SSSR count). The van der Waals surface area contributed by atoms with Crippen molar-refractivity contribution in [1.82, 2.24) is 9.80 Å². The number of anilines is 1. The number of ether oxygens (including phenoxy) is 1. The number of rotatable bonds is 7. The van der Waals surface area contributed by atoms with Crippen molar-refractivity contribution in [1.29, 1.82) is 0 Å². The average Bonchev–Trinajstić information content (AvgIpc) is 3.02. The lowest BCUT2D eigenvalue weighted by Crippen LogP contribution is -2.48. The highest BCUT2D eigenvalue weighted by molar-refractivity contribution is 6.52. The molecule has 1 amide bonds. The third-order valence-electron chi connectivity index (χ3n) is 6.31. The molecule has 0 spiro atoms. The Labute approximate surface area is 184 Å². The summed E-state index contributed by atoms with van der Waals surface area (Å²) in [6, 6.07) is 14.1. The minimum atomic E-state index is -0.396. The SMILES string of the molecule is COc1cccc(CN2CCN(CCN3C(=O)C(=O)c4cc(C(C)C)ccc43)CC2)c1. The molecule has 31 heavy (non-hydrogen) atoms. The maximum atomic E-state index is 12.6. The van der Waals surface area contributed by atoms with E-state index in [9.17, 15) is 9.59 Å². The van der Waals surface area contributed by atoms with Crippen LogP contribution in [0.15, 0.2) is 42.5 Å². The van der Waals surface area contributed by atoms with Crippen LogP contribution in [0.2, 0.25) is 0 Å². The first kappa shape index (κ1) is 21.5. The number of fused-ring (bicyclic) bond motifs is 1. The summed E-state index contributed by atoms with van der Waals surface area (Å²) in [5.41, 5.74) is 3.66. The molecule has 1 saturated heterocycles. The van der Waals surface area contributed by atoms with Crippen LogP contribution < -0.4 is 9.64 Å². The van der Waals surface area contributed by atoms with Crippen molar-refractivity contribution >= 4 is 17.4 Å². The number of methoxy groups -OCH3 is 1. The van der Waals surface area contributed by atoms with Crippen molar-refractivity contribution in [3.8, 4) is 5.75 Å². The summed E-state index contributed by atoms with van der Waals surface area (Å²) in [5, 5.41) is 0. The molecule has 0 unspecified atom stereocenters. The number of hydrogen-bond donors (Lipinski definition) is 0. The summed E-state index contributed by atoms with van der Waals surface area (Å²) in [6.07, 6.45) is 0. The Bertz CT molecular complexity index is 964. The Morgan fingerprint density at radius 2 is 1.68 bits per heavy atom. The van der Waals surface area contributed by atoms with Gasteiger partial charge in [-0.05, 0) is 41.3 Å². The van der Waals surface area contributed by atoms with Gasteiger partial charge in [-0.1, -0.05) is 32.0 Å². The van der Waals surface area contributed by atoms with E-state index in [1.807, 2.05) is 30.3 Å². The molecule has 0 saturated carbocycles. The Balaban J connectivity index is 1.31. The van der Waals surface area contributed by atoms with E-state index >= 15 is 0 Å². The van der Waals surface area contributed by atoms with E-state index in [4.69, 9.17) is 4.74 Å². The van der Waals surface area contributed by atoms with Gasteiger partial charge in [0.15, 0.2) is 0 Å². The third-order valence-corrected chi connectivity index (χ3v) is 6.31. The summed E-state index contributed by atoms with van der Waals surface area (Å²) in [4.78, 5) is 31.5. The van der Waals surface area contributed by atoms with Crippen LogP contribution in [0.3, 0.4) is 0 Å². The summed E-state index contributed by atoms with van der Waals surface area (Å²) in [6.45, 7) is 10.3. The van der Waals surface area contributed by atoms with Gasteiger partial charge in [-0.2, -0.15) is 0 Å². The third kappa shape index (κ3) is 4.65. The van der Waals surface area contributed by atoms with Gasteiger partial charge in [-0.3, -0.25) is 19.4 Å². The molecule has 0 bridgehead atoms. The van der Waals surface area contributed by atoms with Crippen molar-refractivity contribution in [2.75, 3.05) is 51.3 Å². The highest BCUT2D eigenvalue weighted by atomic mass is 16.5. The van der Waals surface area contributed by atoms with E-state index in [0.717, 1.165) is 56.3 Å². The Morgan fingerprint density at radius 3 is 2.39 bits per heavy atom. The van der Waals surface area contributed by atoms with Crippen LogP contribution in [0.1, 0.15) is 41.3 Å².